The quantitative estimate of drug-likeness (QED) is 0.229. The van der Waals surface area contributed by atoms with Gasteiger partial charge < -0.3 is 25.5 Å². The highest BCUT2D eigenvalue weighted by atomic mass is 32.1. The summed E-state index contributed by atoms with van der Waals surface area (Å²) in [5.41, 5.74) is 12.8. The predicted octanol–water partition coefficient (Wildman–Crippen LogP) is 2.32. The number of fused-ring (bicyclic) bond motifs is 5. The minimum Gasteiger partial charge on any atom is -0.382 e. The van der Waals surface area contributed by atoms with E-state index in [4.69, 9.17) is 55.8 Å². The lowest BCUT2D eigenvalue weighted by atomic mass is 10.0. The highest BCUT2D eigenvalue weighted by Gasteiger charge is 2.54. The molecule has 246 valence electrons. The normalized spacial score (nSPS) is 37.0. The van der Waals surface area contributed by atoms with E-state index < -0.39 is 71.0 Å². The van der Waals surface area contributed by atoms with E-state index in [1.807, 2.05) is 0 Å². The number of thiocarbonyl (C=S) groups is 1. The van der Waals surface area contributed by atoms with Crippen LogP contribution in [-0.2, 0) is 41.2 Å². The number of phosphoric ester groups is 1. The second kappa shape index (κ2) is 11.9. The maximum absolute atomic E-state index is 16.2. The fourth-order valence-corrected chi connectivity index (χ4v) is 8.20. The van der Waals surface area contributed by atoms with Crippen molar-refractivity contribution in [2.24, 2.45) is 5.92 Å². The van der Waals surface area contributed by atoms with E-state index in [9.17, 15) is 9.13 Å². The summed E-state index contributed by atoms with van der Waals surface area (Å²) < 4.78 is 87.3. The molecule has 0 saturated carbocycles. The van der Waals surface area contributed by atoms with Crippen LogP contribution in [0, 0.1) is 5.92 Å². The first-order valence-electron chi connectivity index (χ1n) is 13.7. The van der Waals surface area contributed by atoms with Crippen molar-refractivity contribution in [3.05, 3.63) is 25.3 Å². The molecule has 10 atom stereocenters. The molecule has 0 aromatic carbocycles. The second-order valence-electron chi connectivity index (χ2n) is 10.6. The number of hydrogen-bond donors (Lipinski definition) is 2. The van der Waals surface area contributed by atoms with Gasteiger partial charge in [-0.3, -0.25) is 31.8 Å². The van der Waals surface area contributed by atoms with E-state index in [1.165, 1.54) is 34.4 Å². The van der Waals surface area contributed by atoms with E-state index in [0.717, 1.165) is 12.2 Å². The molecule has 23 heteroatoms. The Bertz CT molecular complexity index is 1900. The molecule has 3 aliphatic rings. The standard InChI is InChI=1S/C23H27FN10O9P2S/c1-10-11-3-39-45(36,37-2)43-17-12(41-22(13(17)24)33-7-31-14-18(25)27-5-29-20(14)33)4-38-44(35,9-46)42-16(10)23(40-11)34-8-32-15-19(26)28-6-30-21(15)34/h5-13,16-17,22-23H,3-4H2,1-2H3,(H2,25,27,29)(H2,26,28,30)/t10?,11?,12-,13?,16?,17?,22?,23?,44+,45?/m1/s1. The minimum absolute atomic E-state index is 0.0691. The number of hydrogen-bond acceptors (Lipinski definition) is 18. The zero-order valence-corrected chi connectivity index (χ0v) is 26.6. The number of aromatic nitrogens is 8. The maximum Gasteiger partial charge on any atom is 0.475 e. The van der Waals surface area contributed by atoms with Crippen molar-refractivity contribution < 1.29 is 45.6 Å². The molecular weight excluding hydrogens is 673 g/mol. The van der Waals surface area contributed by atoms with Crippen molar-refractivity contribution in [3.8, 4) is 0 Å². The first kappa shape index (κ1) is 31.5. The van der Waals surface area contributed by atoms with Crippen LogP contribution < -0.4 is 11.5 Å². The molecule has 46 heavy (non-hydrogen) atoms. The average Bonchev–Trinajstić information content (AvgIpc) is 3.81. The SMILES string of the molecule is COP1(=O)OCC2OC(n3cnc4c(N)ncnc43)C(O[P@](=O)(C=S)OC[C@H]3OC(n4cnc5c(N)ncnc54)C(F)C3O1)C2C. The van der Waals surface area contributed by atoms with Gasteiger partial charge in [-0.1, -0.05) is 19.1 Å². The zero-order valence-electron chi connectivity index (χ0n) is 24.0. The van der Waals surface area contributed by atoms with E-state index in [-0.39, 0.29) is 29.4 Å². The Morgan fingerprint density at radius 1 is 0.891 bits per heavy atom. The van der Waals surface area contributed by atoms with Gasteiger partial charge >= 0.3 is 15.4 Å². The molecule has 3 saturated heterocycles. The van der Waals surface area contributed by atoms with Gasteiger partial charge in [0.15, 0.2) is 41.6 Å². The molecule has 4 N–H and O–H groups in total. The van der Waals surface area contributed by atoms with Crippen molar-refractivity contribution in [2.75, 3.05) is 31.8 Å². The number of nitrogens with two attached hydrogens (primary N) is 2. The van der Waals surface area contributed by atoms with Gasteiger partial charge in [-0.05, 0) is 0 Å². The molecule has 0 radical (unpaired) electrons. The van der Waals surface area contributed by atoms with Gasteiger partial charge in [-0.15, -0.1) is 0 Å². The van der Waals surface area contributed by atoms with Crippen LogP contribution in [0.4, 0.5) is 16.0 Å². The summed E-state index contributed by atoms with van der Waals surface area (Å²) in [6.45, 7) is 0.794. The average molecular weight is 701 g/mol. The fraction of sp³-hybridized carbons (Fsp3) is 0.522. The lowest BCUT2D eigenvalue weighted by Gasteiger charge is -2.27. The fourth-order valence-electron chi connectivity index (χ4n) is 5.58. The van der Waals surface area contributed by atoms with E-state index in [0.29, 0.717) is 11.2 Å². The van der Waals surface area contributed by atoms with Crippen molar-refractivity contribution in [2.45, 2.75) is 50.0 Å². The molecular formula is C23H27FN10O9P2S. The number of phosphoric acid groups is 1. The minimum atomic E-state index is -4.47. The molecule has 8 unspecified atom stereocenters. The number of nitrogens with zero attached hydrogens (tertiary/aromatic N) is 8. The van der Waals surface area contributed by atoms with Crippen LogP contribution in [0.5, 0.6) is 0 Å². The van der Waals surface area contributed by atoms with Crippen molar-refractivity contribution in [3.63, 3.8) is 0 Å². The van der Waals surface area contributed by atoms with E-state index in [2.05, 4.69) is 29.9 Å². The van der Waals surface area contributed by atoms with E-state index >= 15 is 4.39 Å². The maximum atomic E-state index is 16.2. The summed E-state index contributed by atoms with van der Waals surface area (Å²) in [6.07, 6.45) is -4.09. The topological polar surface area (TPSA) is 238 Å². The molecule has 0 spiro atoms. The number of alkyl halides is 1. The Morgan fingerprint density at radius 2 is 1.48 bits per heavy atom. The number of ether oxygens (including phenoxy) is 2. The molecule has 7 rings (SSSR count). The molecule has 7 heterocycles. The summed E-state index contributed by atoms with van der Waals surface area (Å²) in [7, 11) is -7.61. The van der Waals surface area contributed by atoms with Crippen LogP contribution in [-0.4, -0.2) is 95.1 Å². The number of rotatable bonds is 4. The zero-order chi connectivity index (χ0) is 32.4. The third-order valence-corrected chi connectivity index (χ3v) is 11.5. The molecule has 0 aliphatic carbocycles. The molecule has 2 bridgehead atoms. The Balaban J connectivity index is 1.24. The van der Waals surface area contributed by atoms with E-state index in [1.54, 1.807) is 6.92 Å². The number of nitrogen functional groups attached to an aromatic ring is 2. The van der Waals surface area contributed by atoms with Crippen molar-refractivity contribution >= 4 is 66.7 Å². The highest BCUT2D eigenvalue weighted by Crippen LogP contribution is 2.57. The monoisotopic (exact) mass is 700 g/mol. The van der Waals surface area contributed by atoms with Gasteiger partial charge in [-0.25, -0.2) is 38.9 Å². The van der Waals surface area contributed by atoms with Crippen LogP contribution in [0.1, 0.15) is 19.4 Å². The summed E-state index contributed by atoms with van der Waals surface area (Å²) in [6, 6.07) is 0. The number of imidazole rings is 2. The highest BCUT2D eigenvalue weighted by molar-refractivity contribution is 7.95. The summed E-state index contributed by atoms with van der Waals surface area (Å²) >= 11 is 5.08. The third kappa shape index (κ3) is 5.29. The van der Waals surface area contributed by atoms with Gasteiger partial charge in [-0.2, -0.15) is 0 Å². The number of anilines is 2. The smallest absolute Gasteiger partial charge is 0.382 e. The number of halogens is 1. The Hall–Kier alpha value is -3.10. The molecule has 4 aromatic rings. The van der Waals surface area contributed by atoms with Gasteiger partial charge in [0, 0.05) is 13.0 Å². The van der Waals surface area contributed by atoms with Crippen LogP contribution in [0.3, 0.4) is 0 Å². The molecule has 0 amide bonds. The Kier molecular flexibility index (Phi) is 8.12. The van der Waals surface area contributed by atoms with Crippen LogP contribution in [0.15, 0.2) is 25.3 Å². The Morgan fingerprint density at radius 3 is 2.09 bits per heavy atom. The summed E-state index contributed by atoms with van der Waals surface area (Å²) in [4.78, 5) is 24.6. The summed E-state index contributed by atoms with van der Waals surface area (Å²) in [5.74, 6) is -0.368. The molecule has 19 nitrogen and oxygen atoms in total. The van der Waals surface area contributed by atoms with Crippen LogP contribution in [0.2, 0.25) is 0 Å². The molecule has 4 aromatic heterocycles. The van der Waals surface area contributed by atoms with Gasteiger partial charge in [0.2, 0.25) is 0 Å². The van der Waals surface area contributed by atoms with Gasteiger partial charge in [0.25, 0.3) is 0 Å². The second-order valence-corrected chi connectivity index (χ2v) is 14.7. The molecule has 3 aliphatic heterocycles. The molecule has 3 fully saturated rings. The first-order valence-corrected chi connectivity index (χ1v) is 17.3. The summed E-state index contributed by atoms with van der Waals surface area (Å²) in [5, 5.41) is 0.852. The predicted molar refractivity (Wildman–Crippen MR) is 159 cm³/mol. The van der Waals surface area contributed by atoms with Gasteiger partial charge in [0.05, 0.1) is 37.1 Å². The first-order chi connectivity index (χ1) is 22.0. The third-order valence-electron chi connectivity index (χ3n) is 7.98. The van der Waals surface area contributed by atoms with Crippen LogP contribution in [0.25, 0.3) is 22.3 Å². The lowest BCUT2D eigenvalue weighted by Crippen LogP contribution is -2.34. The van der Waals surface area contributed by atoms with Gasteiger partial charge in [0.1, 0.15) is 42.0 Å². The lowest BCUT2D eigenvalue weighted by molar-refractivity contribution is -0.0622. The van der Waals surface area contributed by atoms with Crippen LogP contribution >= 0.6 is 27.6 Å². The van der Waals surface area contributed by atoms with Crippen molar-refractivity contribution in [1.29, 1.82) is 0 Å². The largest absolute Gasteiger partial charge is 0.475 e. The van der Waals surface area contributed by atoms with Crippen molar-refractivity contribution in [1.82, 2.24) is 39.0 Å². The Labute approximate surface area is 264 Å².